The molecule has 55 heavy (non-hydrogen) atoms. The highest BCUT2D eigenvalue weighted by molar-refractivity contribution is 5.84. The number of Topliss-reactive ketones (excluding diaryl/α,β-unsaturated/α-hetero) is 2. The van der Waals surface area contributed by atoms with Crippen LogP contribution in [0.15, 0.2) is 16.6 Å². The van der Waals surface area contributed by atoms with Gasteiger partial charge in [-0.15, -0.1) is 4.99 Å². The van der Waals surface area contributed by atoms with E-state index in [0.717, 1.165) is 64.5 Å². The number of hydrogen-bond acceptors (Lipinski definition) is 10. The van der Waals surface area contributed by atoms with Gasteiger partial charge in [-0.05, 0) is 137 Å². The molecule has 16 unspecified atom stereocenters. The molecule has 3 saturated carbocycles. The number of aliphatic hydroxyl groups is 3. The molecule has 0 aromatic heterocycles. The summed E-state index contributed by atoms with van der Waals surface area (Å²) < 4.78 is 5.68. The normalized spacial score (nSPS) is 41.5. The van der Waals surface area contributed by atoms with Crippen LogP contribution in [-0.4, -0.2) is 89.9 Å². The van der Waals surface area contributed by atoms with Crippen LogP contribution in [0.2, 0.25) is 0 Å². The van der Waals surface area contributed by atoms with Gasteiger partial charge in [0.05, 0.1) is 36.7 Å². The maximum absolute atomic E-state index is 13.8. The number of rotatable bonds is 13. The van der Waals surface area contributed by atoms with E-state index in [1.165, 1.54) is 12.0 Å². The molecular weight excluding hydrogens is 693 g/mol. The summed E-state index contributed by atoms with van der Waals surface area (Å²) in [6, 6.07) is 0.361. The number of nitrogens with zero attached hydrogens (tertiary/aromatic N) is 1. The molecule has 5 fully saturated rings. The van der Waals surface area contributed by atoms with Crippen molar-refractivity contribution in [1.82, 2.24) is 10.6 Å². The second-order valence-corrected chi connectivity index (χ2v) is 18.8. The first-order valence-corrected chi connectivity index (χ1v) is 22.1. The van der Waals surface area contributed by atoms with Crippen molar-refractivity contribution in [3.63, 3.8) is 0 Å². The Bertz CT molecular complexity index is 1440. The number of ketones is 2. The van der Waals surface area contributed by atoms with Crippen LogP contribution < -0.4 is 16.4 Å². The minimum Gasteiger partial charge on any atom is -0.393 e. The molecule has 0 aromatic rings. The highest BCUT2D eigenvalue weighted by Gasteiger charge is 2.45. The van der Waals surface area contributed by atoms with Gasteiger partial charge in [0.1, 0.15) is 29.6 Å². The summed E-state index contributed by atoms with van der Waals surface area (Å²) in [7, 11) is 1.65. The molecule has 0 amide bonds. The summed E-state index contributed by atoms with van der Waals surface area (Å²) in [5.41, 5.74) is 7.56. The molecule has 7 rings (SSSR count). The van der Waals surface area contributed by atoms with Gasteiger partial charge < -0.3 is 36.4 Å². The summed E-state index contributed by atoms with van der Waals surface area (Å²) in [6.07, 6.45) is 16.4. The zero-order valence-corrected chi connectivity index (χ0v) is 33.2. The number of aliphatic hydroxyl groups excluding tert-OH is 3. The van der Waals surface area contributed by atoms with Crippen molar-refractivity contribution < 1.29 is 29.6 Å². The van der Waals surface area contributed by atoms with Crippen molar-refractivity contribution >= 4 is 17.8 Å². The number of nitrogens with one attached hydrogen (secondary N) is 2. The predicted octanol–water partition coefficient (Wildman–Crippen LogP) is 4.50. The number of piperidine rings is 2. The van der Waals surface area contributed by atoms with Gasteiger partial charge in [-0.1, -0.05) is 18.3 Å². The average Bonchev–Trinajstić information content (AvgIpc) is 3.71. The molecule has 3 heterocycles. The molecule has 0 radical (unpaired) electrons. The quantitative estimate of drug-likeness (QED) is 0.117. The van der Waals surface area contributed by atoms with Crippen molar-refractivity contribution in [3.8, 4) is 11.8 Å². The summed E-state index contributed by atoms with van der Waals surface area (Å²) >= 11 is 0. The lowest BCUT2D eigenvalue weighted by Gasteiger charge is -2.49. The van der Waals surface area contributed by atoms with Crippen LogP contribution in [0.25, 0.3) is 0 Å². The lowest BCUT2D eigenvalue weighted by atomic mass is 9.61. The van der Waals surface area contributed by atoms with Crippen molar-refractivity contribution in [3.05, 3.63) is 18.2 Å². The third-order valence-corrected chi connectivity index (χ3v) is 15.4. The van der Waals surface area contributed by atoms with Gasteiger partial charge in [-0.3, -0.25) is 9.59 Å². The van der Waals surface area contributed by atoms with Gasteiger partial charge in [0.2, 0.25) is 0 Å². The third-order valence-electron chi connectivity index (χ3n) is 15.4. The van der Waals surface area contributed by atoms with Crippen LogP contribution >= 0.6 is 0 Å². The molecule has 7 aliphatic rings. The second-order valence-electron chi connectivity index (χ2n) is 18.8. The molecular formula is C45H69N4O6+. The first-order valence-electron chi connectivity index (χ1n) is 22.1. The Balaban J connectivity index is 0.962. The van der Waals surface area contributed by atoms with Crippen LogP contribution in [-0.2, 0) is 14.3 Å². The topological polar surface area (TPSA) is 166 Å². The standard InChI is InChI=1S/C45H69N4O6/c1-55-44-20-31-7-15-42(53)38(41(52)14-3-27-2-11-36-33(18-27)26-48-40-22-35(51)10-13-37(36)40)12-6-29(39(31)23-43(44)54)4-8-34(50)9-5-30-21-45(46)49-25-32(30)19-28-16-17-47-24-28/h16-17,24,27,29-34,36-41,43-45,48-50,52,54H,2-5,7-11,13-15,18-23,25-26,46H2,1H3/q+1. The van der Waals surface area contributed by atoms with Crippen molar-refractivity contribution in [2.24, 2.45) is 69.9 Å². The lowest BCUT2D eigenvalue weighted by molar-refractivity contribution is -0.125. The average molecular weight is 762 g/mol. The largest absolute Gasteiger partial charge is 0.393 e. The third kappa shape index (κ3) is 10.3. The number of carbonyl (C=O) groups is 2. The minimum atomic E-state index is -0.798. The van der Waals surface area contributed by atoms with E-state index in [2.05, 4.69) is 33.5 Å². The summed E-state index contributed by atoms with van der Waals surface area (Å²) in [4.78, 5) is 30.1. The van der Waals surface area contributed by atoms with Gasteiger partial charge in [0.25, 0.3) is 0 Å². The second kappa shape index (κ2) is 19.1. The van der Waals surface area contributed by atoms with Crippen molar-refractivity contribution in [2.75, 3.05) is 20.2 Å². The zero-order valence-electron chi connectivity index (χ0n) is 33.2. The van der Waals surface area contributed by atoms with Gasteiger partial charge in [-0.2, -0.15) is 0 Å². The van der Waals surface area contributed by atoms with Crippen LogP contribution in [0.3, 0.4) is 0 Å². The Morgan fingerprint density at radius 3 is 2.58 bits per heavy atom. The molecule has 16 atom stereocenters. The van der Waals surface area contributed by atoms with Crippen molar-refractivity contribution in [1.29, 1.82) is 0 Å². The molecule has 7 N–H and O–H groups in total. The van der Waals surface area contributed by atoms with Gasteiger partial charge >= 0.3 is 0 Å². The summed E-state index contributed by atoms with van der Waals surface area (Å²) in [6.45, 7) is 3.70. The molecule has 0 bridgehead atoms. The SMILES string of the molecule is COC1CC2CCC(=O)C(C(O)CCC3CCC4C(CNC5CC(=O)CCC54)C3)C#CC(CCC(O)CCC3CC(N)NCC3CC3=C[CH+]N=C3)C2CC1O. The Morgan fingerprint density at radius 2 is 1.76 bits per heavy atom. The Hall–Kier alpha value is -2.10. The van der Waals surface area contributed by atoms with Gasteiger partial charge in [0, 0.05) is 51.3 Å². The maximum Gasteiger partial charge on any atom is 0.176 e. The first kappa shape index (κ1) is 41.1. The minimum absolute atomic E-state index is 0.0236. The fourth-order valence-electron chi connectivity index (χ4n) is 12.2. The number of methoxy groups -OCH3 is 1. The van der Waals surface area contributed by atoms with Gasteiger partial charge in [0.15, 0.2) is 6.21 Å². The highest BCUT2D eigenvalue weighted by Crippen LogP contribution is 2.47. The number of allylic oxidation sites excluding steroid dienone is 1. The molecule has 10 nitrogen and oxygen atoms in total. The molecule has 10 heteroatoms. The van der Waals surface area contributed by atoms with Crippen LogP contribution in [0.4, 0.5) is 0 Å². The molecule has 3 aliphatic heterocycles. The molecule has 2 saturated heterocycles. The highest BCUT2D eigenvalue weighted by atomic mass is 16.5. The Labute approximate surface area is 329 Å². The molecule has 304 valence electrons. The van der Waals surface area contributed by atoms with Crippen molar-refractivity contribution in [2.45, 2.75) is 152 Å². The number of carbonyl (C=O) groups excluding carboxylic acids is 2. The zero-order chi connectivity index (χ0) is 38.5. The van der Waals surface area contributed by atoms with E-state index in [1.54, 1.807) is 7.11 Å². The summed E-state index contributed by atoms with van der Waals surface area (Å²) in [5, 5.41) is 41.2. The van der Waals surface area contributed by atoms with E-state index in [0.29, 0.717) is 105 Å². The molecule has 0 aromatic carbocycles. The van der Waals surface area contributed by atoms with E-state index in [1.807, 2.05) is 12.8 Å². The molecule has 0 spiro atoms. The number of fused-ring (bicyclic) bond motifs is 4. The fourth-order valence-corrected chi connectivity index (χ4v) is 12.2. The molecule has 4 aliphatic carbocycles. The van der Waals surface area contributed by atoms with E-state index in [9.17, 15) is 24.9 Å². The van der Waals surface area contributed by atoms with Crippen LogP contribution in [0.5, 0.6) is 0 Å². The number of nitrogens with two attached hydrogens (primary N) is 1. The first-order chi connectivity index (χ1) is 26.6. The number of hydrogen-bond donors (Lipinski definition) is 6. The van der Waals surface area contributed by atoms with E-state index in [4.69, 9.17) is 10.5 Å². The lowest BCUT2D eigenvalue weighted by Crippen LogP contribution is -2.54. The monoisotopic (exact) mass is 762 g/mol. The maximum atomic E-state index is 13.8. The fraction of sp³-hybridized carbons (Fsp3) is 0.822. The smallest absolute Gasteiger partial charge is 0.176 e. The Kier molecular flexibility index (Phi) is 14.3. The summed E-state index contributed by atoms with van der Waals surface area (Å²) in [5.74, 6) is 10.2. The number of ether oxygens (including phenoxy) is 1. The van der Waals surface area contributed by atoms with Crippen LogP contribution in [0, 0.1) is 77.6 Å². The Morgan fingerprint density at radius 1 is 0.909 bits per heavy atom. The predicted molar refractivity (Wildman–Crippen MR) is 213 cm³/mol. The van der Waals surface area contributed by atoms with E-state index >= 15 is 0 Å². The van der Waals surface area contributed by atoms with Gasteiger partial charge in [-0.25, -0.2) is 0 Å². The van der Waals surface area contributed by atoms with E-state index < -0.39 is 24.2 Å². The number of aliphatic imine (C=N–C) groups is 1. The van der Waals surface area contributed by atoms with E-state index in [-0.39, 0.29) is 35.8 Å². The van der Waals surface area contributed by atoms with Crippen LogP contribution in [0.1, 0.15) is 116 Å².